The maximum Gasteiger partial charge on any atom is 0.227 e. The highest BCUT2D eigenvalue weighted by molar-refractivity contribution is 5.95. The normalized spacial score (nSPS) is 26.4. The van der Waals surface area contributed by atoms with Crippen molar-refractivity contribution in [3.05, 3.63) is 41.1 Å². The Balaban J connectivity index is 2.53. The zero-order chi connectivity index (χ0) is 16.1. The molecule has 1 aliphatic heterocycles. The minimum Gasteiger partial charge on any atom is -0.386 e. The molecule has 1 unspecified atom stereocenters. The van der Waals surface area contributed by atoms with Gasteiger partial charge in [0, 0.05) is 30.8 Å². The first-order chi connectivity index (χ1) is 10.6. The number of hydrogen-bond donors (Lipinski definition) is 4. The van der Waals surface area contributed by atoms with Crippen LogP contribution >= 0.6 is 0 Å². The van der Waals surface area contributed by atoms with Crippen LogP contribution in [0, 0.1) is 11.3 Å². The van der Waals surface area contributed by atoms with Gasteiger partial charge in [-0.3, -0.25) is 4.79 Å². The van der Waals surface area contributed by atoms with Gasteiger partial charge in [0.2, 0.25) is 5.91 Å². The van der Waals surface area contributed by atoms with Crippen LogP contribution in [0.4, 0.5) is 0 Å². The van der Waals surface area contributed by atoms with Crippen LogP contribution in [0.2, 0.25) is 0 Å². The Morgan fingerprint density at radius 2 is 2.18 bits per heavy atom. The molecular formula is C17H24N4O. The van der Waals surface area contributed by atoms with Gasteiger partial charge in [-0.25, -0.2) is 0 Å². The fraction of sp³-hybridized carbons (Fsp3) is 0.412. The van der Waals surface area contributed by atoms with Gasteiger partial charge in [0.05, 0.1) is 11.4 Å². The number of benzene rings is 1. The maximum atomic E-state index is 12.3. The summed E-state index contributed by atoms with van der Waals surface area (Å²) in [6.07, 6.45) is 3.73. The number of nitrogens with one attached hydrogen (secondary N) is 3. The highest BCUT2D eigenvalue weighted by Crippen LogP contribution is 2.24. The summed E-state index contributed by atoms with van der Waals surface area (Å²) in [5.41, 5.74) is 9.47. The molecule has 2 atom stereocenters. The van der Waals surface area contributed by atoms with E-state index in [9.17, 15) is 4.79 Å². The smallest absolute Gasteiger partial charge is 0.227 e. The number of amides is 1. The van der Waals surface area contributed by atoms with Gasteiger partial charge < -0.3 is 21.8 Å². The molecule has 1 amide bonds. The van der Waals surface area contributed by atoms with E-state index >= 15 is 0 Å². The lowest BCUT2D eigenvalue weighted by Gasteiger charge is -2.20. The Morgan fingerprint density at radius 3 is 2.86 bits per heavy atom. The van der Waals surface area contributed by atoms with Gasteiger partial charge in [-0.2, -0.15) is 0 Å². The monoisotopic (exact) mass is 300 g/mol. The van der Waals surface area contributed by atoms with Crippen molar-refractivity contribution in [2.75, 3.05) is 7.05 Å². The maximum absolute atomic E-state index is 12.3. The van der Waals surface area contributed by atoms with Gasteiger partial charge in [0.1, 0.15) is 0 Å². The number of carbonyl (C=O) groups is 1. The van der Waals surface area contributed by atoms with E-state index < -0.39 is 0 Å². The van der Waals surface area contributed by atoms with E-state index in [-0.39, 0.29) is 17.9 Å². The number of carbonyl (C=O) groups excluding carboxylic acids is 1. The van der Waals surface area contributed by atoms with Crippen molar-refractivity contribution in [2.45, 2.75) is 32.2 Å². The van der Waals surface area contributed by atoms with Crippen molar-refractivity contribution in [3.8, 4) is 0 Å². The van der Waals surface area contributed by atoms with Gasteiger partial charge in [-0.15, -0.1) is 0 Å². The van der Waals surface area contributed by atoms with Crippen LogP contribution in [0.3, 0.4) is 0 Å². The molecule has 1 heterocycles. The summed E-state index contributed by atoms with van der Waals surface area (Å²) in [4.78, 5) is 12.3. The third-order valence-electron chi connectivity index (χ3n) is 4.12. The number of allylic oxidation sites excluding steroid dienone is 1. The highest BCUT2D eigenvalue weighted by Gasteiger charge is 2.18. The average Bonchev–Trinajstić information content (AvgIpc) is 2.53. The van der Waals surface area contributed by atoms with Gasteiger partial charge >= 0.3 is 0 Å². The zero-order valence-corrected chi connectivity index (χ0v) is 13.1. The van der Waals surface area contributed by atoms with Crippen LogP contribution in [-0.4, -0.2) is 19.2 Å². The Morgan fingerprint density at radius 1 is 1.41 bits per heavy atom. The predicted octanol–water partition coefficient (Wildman–Crippen LogP) is 2.16. The van der Waals surface area contributed by atoms with Crippen LogP contribution in [0.1, 0.15) is 43.4 Å². The molecule has 2 rings (SSSR count). The average molecular weight is 300 g/mol. The Labute approximate surface area is 131 Å². The predicted molar refractivity (Wildman–Crippen MR) is 89.3 cm³/mol. The lowest BCUT2D eigenvalue weighted by molar-refractivity contribution is -0.123. The fourth-order valence-electron chi connectivity index (χ4n) is 2.73. The van der Waals surface area contributed by atoms with Crippen molar-refractivity contribution in [1.82, 2.24) is 10.6 Å². The molecule has 0 aliphatic carbocycles. The van der Waals surface area contributed by atoms with Crippen LogP contribution in [0.5, 0.6) is 0 Å². The van der Waals surface area contributed by atoms with Gasteiger partial charge in [-0.1, -0.05) is 31.5 Å². The molecule has 5 N–H and O–H groups in total. The summed E-state index contributed by atoms with van der Waals surface area (Å²) in [5, 5.41) is 13.6. The Hall–Kier alpha value is -2.14. The van der Waals surface area contributed by atoms with E-state index in [1.165, 1.54) is 6.21 Å². The van der Waals surface area contributed by atoms with Crippen molar-refractivity contribution >= 4 is 17.8 Å². The summed E-state index contributed by atoms with van der Waals surface area (Å²) < 4.78 is 0. The summed E-state index contributed by atoms with van der Waals surface area (Å²) in [6.45, 7) is 1.91. The quantitative estimate of drug-likeness (QED) is 0.631. The molecule has 5 heteroatoms. The minimum atomic E-state index is -0.0991. The van der Waals surface area contributed by atoms with Crippen molar-refractivity contribution in [3.63, 3.8) is 0 Å². The third kappa shape index (κ3) is 3.54. The van der Waals surface area contributed by atoms with Gasteiger partial charge in [0.15, 0.2) is 0 Å². The van der Waals surface area contributed by atoms with E-state index in [4.69, 9.17) is 11.1 Å². The second-order valence-electron chi connectivity index (χ2n) is 5.74. The van der Waals surface area contributed by atoms with Crippen LogP contribution in [0.25, 0.3) is 5.70 Å². The van der Waals surface area contributed by atoms with E-state index in [1.807, 2.05) is 31.2 Å². The van der Waals surface area contributed by atoms with Gasteiger partial charge in [-0.05, 0) is 24.5 Å². The number of hydrogen-bond acceptors (Lipinski definition) is 4. The highest BCUT2D eigenvalue weighted by atomic mass is 16.1. The molecule has 0 fully saturated rings. The SMILES string of the molecule is CN/C1=C(\C=N)NC(=O)C(C)CCC[C@H](N)c2cccc1c2. The summed E-state index contributed by atoms with van der Waals surface area (Å²) >= 11 is 0. The molecule has 0 aromatic heterocycles. The van der Waals surface area contributed by atoms with Crippen molar-refractivity contribution in [1.29, 1.82) is 5.41 Å². The lowest BCUT2D eigenvalue weighted by Crippen LogP contribution is -2.31. The first-order valence-corrected chi connectivity index (χ1v) is 7.66. The molecule has 0 radical (unpaired) electrons. The molecule has 2 bridgehead atoms. The number of fused-ring (bicyclic) bond motifs is 2. The number of rotatable bonds is 2. The zero-order valence-electron chi connectivity index (χ0n) is 13.1. The molecule has 22 heavy (non-hydrogen) atoms. The molecule has 0 saturated carbocycles. The lowest BCUT2D eigenvalue weighted by atomic mass is 9.95. The summed E-state index contributed by atoms with van der Waals surface area (Å²) in [7, 11) is 1.78. The molecule has 5 nitrogen and oxygen atoms in total. The van der Waals surface area contributed by atoms with E-state index in [0.717, 1.165) is 36.1 Å². The van der Waals surface area contributed by atoms with E-state index in [2.05, 4.69) is 10.6 Å². The van der Waals surface area contributed by atoms with E-state index in [0.29, 0.717) is 5.70 Å². The van der Waals surface area contributed by atoms with Crippen LogP contribution in [-0.2, 0) is 4.79 Å². The fourth-order valence-corrected chi connectivity index (χ4v) is 2.73. The molecule has 1 aliphatic rings. The van der Waals surface area contributed by atoms with Gasteiger partial charge in [0.25, 0.3) is 0 Å². The van der Waals surface area contributed by atoms with E-state index in [1.54, 1.807) is 7.05 Å². The first kappa shape index (κ1) is 16.2. The Bertz CT molecular complexity index is 594. The minimum absolute atomic E-state index is 0.0313. The molecule has 0 saturated heterocycles. The standard InChI is InChI=1S/C17H24N4O/c1-11-5-3-8-14(19)12-6-4-7-13(9-12)16(20-2)15(10-18)21-17(11)22/h4,6-7,9-11,14,18,20H,3,5,8,19H2,1-2H3,(H,21,22)/b16-15+,18-10?/t11?,14-/m0/s1. The van der Waals surface area contributed by atoms with Crippen LogP contribution < -0.4 is 16.4 Å². The number of nitrogens with two attached hydrogens (primary N) is 1. The second-order valence-corrected chi connectivity index (χ2v) is 5.74. The largest absolute Gasteiger partial charge is 0.386 e. The molecule has 118 valence electrons. The summed E-state index contributed by atoms with van der Waals surface area (Å²) in [5.74, 6) is -0.158. The Kier molecular flexibility index (Phi) is 5.33. The van der Waals surface area contributed by atoms with Crippen molar-refractivity contribution in [2.24, 2.45) is 11.7 Å². The first-order valence-electron chi connectivity index (χ1n) is 7.66. The van der Waals surface area contributed by atoms with Crippen molar-refractivity contribution < 1.29 is 4.79 Å². The molecule has 1 aromatic rings. The molecular weight excluding hydrogens is 276 g/mol. The topological polar surface area (TPSA) is 91.0 Å². The third-order valence-corrected chi connectivity index (χ3v) is 4.12. The summed E-state index contributed by atoms with van der Waals surface area (Å²) in [6, 6.07) is 7.93. The molecule has 1 aromatic carbocycles. The van der Waals surface area contributed by atoms with Crippen LogP contribution in [0.15, 0.2) is 30.0 Å². The second kappa shape index (κ2) is 7.22. The molecule has 0 spiro atoms.